The highest BCUT2D eigenvalue weighted by Gasteiger charge is 2.49. The average molecular weight is 892 g/mol. The SMILES string of the molecule is c1ccc(-c2cccc(N(c3ccc4c(c3)C(c3ccccc3)(c3ccccc3)c3ccccc3-4)c3cc(C4(c5ccccc5)c5ccccc5-c5ccccc54)c4oc5ccccc5c4c3)c2)cc1. The Morgan fingerprint density at radius 2 is 0.729 bits per heavy atom. The Labute approximate surface area is 408 Å². The maximum atomic E-state index is 7.20. The van der Waals surface area contributed by atoms with Crippen LogP contribution in [-0.4, -0.2) is 0 Å². The Bertz CT molecular complexity index is 3860. The van der Waals surface area contributed by atoms with Crippen LogP contribution in [0.5, 0.6) is 0 Å². The molecule has 0 radical (unpaired) electrons. The molecule has 0 fully saturated rings. The van der Waals surface area contributed by atoms with Crippen molar-refractivity contribution < 1.29 is 4.42 Å². The van der Waals surface area contributed by atoms with Crippen LogP contribution in [0.15, 0.2) is 277 Å². The summed E-state index contributed by atoms with van der Waals surface area (Å²) < 4.78 is 7.20. The van der Waals surface area contributed by atoms with Gasteiger partial charge in [-0.1, -0.05) is 231 Å². The van der Waals surface area contributed by atoms with E-state index in [2.05, 4.69) is 278 Å². The first-order valence-corrected chi connectivity index (χ1v) is 24.2. The molecule has 14 rings (SSSR count). The van der Waals surface area contributed by atoms with Crippen molar-refractivity contribution in [2.24, 2.45) is 0 Å². The number of para-hydroxylation sites is 1. The van der Waals surface area contributed by atoms with E-state index in [1.807, 2.05) is 0 Å². The van der Waals surface area contributed by atoms with Gasteiger partial charge in [0, 0.05) is 33.4 Å². The van der Waals surface area contributed by atoms with E-state index in [0.717, 1.165) is 50.1 Å². The van der Waals surface area contributed by atoms with Gasteiger partial charge in [-0.25, -0.2) is 0 Å². The third kappa shape index (κ3) is 5.74. The molecule has 0 atom stereocenters. The highest BCUT2D eigenvalue weighted by atomic mass is 16.3. The van der Waals surface area contributed by atoms with Crippen molar-refractivity contribution in [3.05, 3.63) is 317 Å². The molecule has 70 heavy (non-hydrogen) atoms. The molecule has 2 aliphatic rings. The maximum absolute atomic E-state index is 7.20. The van der Waals surface area contributed by atoms with E-state index in [9.17, 15) is 0 Å². The predicted molar refractivity (Wildman–Crippen MR) is 288 cm³/mol. The summed E-state index contributed by atoms with van der Waals surface area (Å²) in [5.74, 6) is 0. The normalized spacial score (nSPS) is 13.7. The second-order valence-corrected chi connectivity index (χ2v) is 18.7. The van der Waals surface area contributed by atoms with Crippen LogP contribution in [0.4, 0.5) is 17.1 Å². The smallest absolute Gasteiger partial charge is 0.140 e. The minimum atomic E-state index is -0.719. The molecule has 2 heteroatoms. The molecule has 1 heterocycles. The zero-order valence-corrected chi connectivity index (χ0v) is 38.3. The third-order valence-electron chi connectivity index (χ3n) is 15.2. The molecule has 0 saturated carbocycles. The number of hydrogen-bond donors (Lipinski definition) is 0. The van der Waals surface area contributed by atoms with Crippen molar-refractivity contribution in [2.45, 2.75) is 10.8 Å². The Morgan fingerprint density at radius 3 is 1.34 bits per heavy atom. The van der Waals surface area contributed by atoms with Crippen LogP contribution in [0.2, 0.25) is 0 Å². The van der Waals surface area contributed by atoms with E-state index in [1.165, 1.54) is 66.8 Å². The molecular formula is C68H45NO. The van der Waals surface area contributed by atoms with Crippen LogP contribution in [0, 0.1) is 0 Å². The minimum absolute atomic E-state index is 0.577. The second-order valence-electron chi connectivity index (χ2n) is 18.7. The molecule has 0 bridgehead atoms. The average Bonchev–Trinajstić information content (AvgIpc) is 4.07. The summed E-state index contributed by atoms with van der Waals surface area (Å²) >= 11 is 0. The highest BCUT2D eigenvalue weighted by Crippen LogP contribution is 2.60. The number of nitrogens with zero attached hydrogens (tertiary/aromatic N) is 1. The molecule has 11 aromatic carbocycles. The summed E-state index contributed by atoms with van der Waals surface area (Å²) in [5.41, 5.74) is 20.7. The van der Waals surface area contributed by atoms with E-state index in [0.29, 0.717) is 0 Å². The van der Waals surface area contributed by atoms with Crippen LogP contribution in [-0.2, 0) is 10.8 Å². The third-order valence-corrected chi connectivity index (χ3v) is 15.2. The predicted octanol–water partition coefficient (Wildman–Crippen LogP) is 17.4. The van der Waals surface area contributed by atoms with Gasteiger partial charge in [0.1, 0.15) is 11.2 Å². The van der Waals surface area contributed by atoms with Crippen LogP contribution in [0.1, 0.15) is 44.5 Å². The molecule has 12 aromatic rings. The molecule has 0 N–H and O–H groups in total. The molecule has 2 aliphatic carbocycles. The first kappa shape index (κ1) is 40.1. The molecular weight excluding hydrogens is 847 g/mol. The molecule has 0 aliphatic heterocycles. The topological polar surface area (TPSA) is 16.4 Å². The molecule has 2 nitrogen and oxygen atoms in total. The fourth-order valence-corrected chi connectivity index (χ4v) is 12.4. The Morgan fingerprint density at radius 1 is 0.271 bits per heavy atom. The van der Waals surface area contributed by atoms with Gasteiger partial charge in [0.25, 0.3) is 0 Å². The first-order valence-electron chi connectivity index (χ1n) is 24.2. The van der Waals surface area contributed by atoms with E-state index < -0.39 is 10.8 Å². The van der Waals surface area contributed by atoms with Crippen molar-refractivity contribution in [3.63, 3.8) is 0 Å². The van der Waals surface area contributed by atoms with Crippen LogP contribution in [0.3, 0.4) is 0 Å². The fraction of sp³-hybridized carbons (Fsp3) is 0.0294. The van der Waals surface area contributed by atoms with Gasteiger partial charge in [0.2, 0.25) is 0 Å². The summed E-state index contributed by atoms with van der Waals surface area (Å²) in [6.45, 7) is 0. The van der Waals surface area contributed by atoms with Crippen molar-refractivity contribution in [1.29, 1.82) is 0 Å². The molecule has 0 saturated heterocycles. The van der Waals surface area contributed by atoms with Gasteiger partial charge >= 0.3 is 0 Å². The van der Waals surface area contributed by atoms with Gasteiger partial charge in [-0.3, -0.25) is 0 Å². The summed E-state index contributed by atoms with van der Waals surface area (Å²) in [4.78, 5) is 2.49. The lowest BCUT2D eigenvalue weighted by molar-refractivity contribution is 0.648. The van der Waals surface area contributed by atoms with E-state index in [-0.39, 0.29) is 0 Å². The molecule has 1 aromatic heterocycles. The minimum Gasteiger partial charge on any atom is -0.456 e. The first-order chi connectivity index (χ1) is 34.7. The zero-order valence-electron chi connectivity index (χ0n) is 38.3. The zero-order chi connectivity index (χ0) is 46.2. The number of benzene rings is 11. The van der Waals surface area contributed by atoms with Crippen LogP contribution in [0.25, 0.3) is 55.3 Å². The Hall–Kier alpha value is -8.98. The standard InChI is InChI=1S/C68H45NO/c1-5-22-46(23-6-1)47-24-21-31-51(42-47)69(52-40-41-57-56-34-13-17-36-60(56)67(63(57)44-52,48-25-7-2-8-26-48)49-27-9-3-10-28-49)53-43-59-58-35-16-20-39-65(58)70-66(59)64(45-53)68(50-29-11-4-12-30-50)61-37-18-14-32-54(61)55-33-15-19-38-62(55)68/h1-45H. The van der Waals surface area contributed by atoms with Gasteiger partial charge in [0.15, 0.2) is 0 Å². The summed E-state index contributed by atoms with van der Waals surface area (Å²) in [6, 6.07) is 100. The lowest BCUT2D eigenvalue weighted by atomic mass is 9.67. The van der Waals surface area contributed by atoms with Crippen molar-refractivity contribution in [3.8, 4) is 33.4 Å². The summed E-state index contributed by atoms with van der Waals surface area (Å²) in [5, 5.41) is 2.15. The van der Waals surface area contributed by atoms with Gasteiger partial charge in [0.05, 0.1) is 10.8 Å². The summed E-state index contributed by atoms with van der Waals surface area (Å²) in [7, 11) is 0. The Kier molecular flexibility index (Phi) is 9.06. The quantitative estimate of drug-likeness (QED) is 0.151. The lowest BCUT2D eigenvalue weighted by Gasteiger charge is -2.36. The molecule has 0 amide bonds. The van der Waals surface area contributed by atoms with Crippen LogP contribution >= 0.6 is 0 Å². The largest absolute Gasteiger partial charge is 0.456 e. The van der Waals surface area contributed by atoms with Crippen molar-refractivity contribution in [1.82, 2.24) is 0 Å². The van der Waals surface area contributed by atoms with Gasteiger partial charge in [-0.15, -0.1) is 0 Å². The lowest BCUT2D eigenvalue weighted by Crippen LogP contribution is -2.29. The van der Waals surface area contributed by atoms with Crippen molar-refractivity contribution in [2.75, 3.05) is 4.90 Å². The van der Waals surface area contributed by atoms with Gasteiger partial charge in [-0.05, 0) is 115 Å². The Balaban J connectivity index is 1.11. The number of furan rings is 1. The van der Waals surface area contributed by atoms with E-state index in [1.54, 1.807) is 0 Å². The van der Waals surface area contributed by atoms with E-state index >= 15 is 0 Å². The fourth-order valence-electron chi connectivity index (χ4n) is 12.4. The molecule has 328 valence electrons. The monoisotopic (exact) mass is 891 g/mol. The van der Waals surface area contributed by atoms with Gasteiger partial charge < -0.3 is 9.32 Å². The van der Waals surface area contributed by atoms with Crippen molar-refractivity contribution >= 4 is 39.0 Å². The molecule has 0 unspecified atom stereocenters. The van der Waals surface area contributed by atoms with Crippen LogP contribution < -0.4 is 4.90 Å². The maximum Gasteiger partial charge on any atom is 0.140 e. The number of anilines is 3. The van der Waals surface area contributed by atoms with Gasteiger partial charge in [-0.2, -0.15) is 0 Å². The molecule has 0 spiro atoms. The second kappa shape index (κ2) is 15.8. The number of hydrogen-bond acceptors (Lipinski definition) is 2. The van der Waals surface area contributed by atoms with E-state index in [4.69, 9.17) is 4.42 Å². The highest BCUT2D eigenvalue weighted by molar-refractivity contribution is 6.09. The number of rotatable bonds is 8. The summed E-state index contributed by atoms with van der Waals surface area (Å²) in [6.07, 6.45) is 0. The number of fused-ring (bicyclic) bond motifs is 9.